The zero-order valence-corrected chi connectivity index (χ0v) is 19.2. The number of aryl methyl sites for hydroxylation is 1. The zero-order chi connectivity index (χ0) is 22.6. The molecule has 1 heterocycles. The van der Waals surface area contributed by atoms with Crippen LogP contribution >= 0.6 is 11.8 Å². The van der Waals surface area contributed by atoms with Gasteiger partial charge in [0.2, 0.25) is 11.8 Å². The van der Waals surface area contributed by atoms with Crippen LogP contribution in [0.15, 0.2) is 63.1 Å². The summed E-state index contributed by atoms with van der Waals surface area (Å²) in [5.41, 5.74) is 2.06. The van der Waals surface area contributed by atoms with Gasteiger partial charge >= 0.3 is 0 Å². The van der Waals surface area contributed by atoms with Crippen LogP contribution in [0, 0.1) is 6.92 Å². The van der Waals surface area contributed by atoms with Gasteiger partial charge in [0.05, 0.1) is 10.6 Å². The van der Waals surface area contributed by atoms with Crippen LogP contribution in [-0.4, -0.2) is 36.3 Å². The van der Waals surface area contributed by atoms with E-state index in [0.717, 1.165) is 31.2 Å². The van der Waals surface area contributed by atoms with E-state index in [2.05, 4.69) is 20.2 Å². The Morgan fingerprint density at radius 3 is 2.44 bits per heavy atom. The first-order valence-electron chi connectivity index (χ1n) is 10.3. The number of nitrogens with zero attached hydrogens (tertiary/aromatic N) is 2. The molecule has 168 valence electrons. The van der Waals surface area contributed by atoms with Crippen LogP contribution in [0.3, 0.4) is 0 Å². The maximum absolute atomic E-state index is 12.5. The Kier molecular flexibility index (Phi) is 6.80. The molecule has 1 aliphatic rings. The molecule has 3 aromatic rings. The Morgan fingerprint density at radius 1 is 1.06 bits per heavy atom. The van der Waals surface area contributed by atoms with E-state index in [-0.39, 0.29) is 22.6 Å². The lowest BCUT2D eigenvalue weighted by atomic mass is 10.2. The molecule has 1 aromatic heterocycles. The molecule has 0 bridgehead atoms. The second-order valence-corrected chi connectivity index (χ2v) is 10.3. The highest BCUT2D eigenvalue weighted by Gasteiger charge is 2.18. The minimum atomic E-state index is -3.67. The van der Waals surface area contributed by atoms with E-state index < -0.39 is 10.0 Å². The van der Waals surface area contributed by atoms with Crippen molar-refractivity contribution >= 4 is 33.4 Å². The maximum Gasteiger partial charge on any atom is 0.277 e. The van der Waals surface area contributed by atoms with Crippen LogP contribution in [0.25, 0.3) is 11.5 Å². The van der Waals surface area contributed by atoms with Crippen molar-refractivity contribution in [2.45, 2.75) is 48.8 Å². The van der Waals surface area contributed by atoms with Crippen LogP contribution in [0.5, 0.6) is 0 Å². The van der Waals surface area contributed by atoms with E-state index in [0.29, 0.717) is 22.4 Å². The van der Waals surface area contributed by atoms with Crippen LogP contribution in [0.4, 0.5) is 5.69 Å². The lowest BCUT2D eigenvalue weighted by Crippen LogP contribution is -2.33. The Hall–Kier alpha value is -2.85. The highest BCUT2D eigenvalue weighted by molar-refractivity contribution is 7.99. The second kappa shape index (κ2) is 9.74. The number of nitrogens with one attached hydrogen (secondary N) is 2. The number of thioether (sulfide) groups is 1. The van der Waals surface area contributed by atoms with Crippen molar-refractivity contribution in [3.05, 3.63) is 54.1 Å². The van der Waals surface area contributed by atoms with Gasteiger partial charge < -0.3 is 9.73 Å². The summed E-state index contributed by atoms with van der Waals surface area (Å²) < 4.78 is 33.2. The lowest BCUT2D eigenvalue weighted by molar-refractivity contribution is -0.119. The minimum Gasteiger partial charge on any atom is -0.411 e. The standard InChI is InChI=1S/C22H24N4O4S2/c1-15-6-12-19(13-7-15)32(28,29)26-18-10-8-16(9-11-18)21-24-25-22(30-21)31-14-20(27)23-17-4-2-3-5-17/h6-13,17,26H,2-5,14H2,1H3,(H,23,27). The Morgan fingerprint density at radius 2 is 1.75 bits per heavy atom. The van der Waals surface area contributed by atoms with Crippen LogP contribution < -0.4 is 10.0 Å². The highest BCUT2D eigenvalue weighted by atomic mass is 32.2. The molecular formula is C22H24N4O4S2. The second-order valence-electron chi connectivity index (χ2n) is 7.71. The van der Waals surface area contributed by atoms with E-state index in [1.54, 1.807) is 48.5 Å². The molecule has 1 fully saturated rings. The van der Waals surface area contributed by atoms with Gasteiger partial charge in [-0.25, -0.2) is 8.42 Å². The topological polar surface area (TPSA) is 114 Å². The van der Waals surface area contributed by atoms with Gasteiger partial charge in [0.25, 0.3) is 15.2 Å². The minimum absolute atomic E-state index is 0.0353. The van der Waals surface area contributed by atoms with Crippen molar-refractivity contribution in [2.75, 3.05) is 10.5 Å². The molecule has 4 rings (SSSR count). The molecule has 8 nitrogen and oxygen atoms in total. The van der Waals surface area contributed by atoms with Gasteiger partial charge in [0.1, 0.15) is 0 Å². The van der Waals surface area contributed by atoms with Gasteiger partial charge in [-0.3, -0.25) is 9.52 Å². The molecule has 0 aliphatic heterocycles. The molecule has 0 saturated heterocycles. The number of amides is 1. The number of aromatic nitrogens is 2. The average molecular weight is 473 g/mol. The Bertz CT molecular complexity index is 1170. The fraction of sp³-hybridized carbons (Fsp3) is 0.318. The number of hydrogen-bond donors (Lipinski definition) is 2. The zero-order valence-electron chi connectivity index (χ0n) is 17.6. The summed E-state index contributed by atoms with van der Waals surface area (Å²) in [4.78, 5) is 12.2. The fourth-order valence-corrected chi connectivity index (χ4v) is 5.10. The Balaban J connectivity index is 1.34. The number of hydrogen-bond acceptors (Lipinski definition) is 7. The monoisotopic (exact) mass is 472 g/mol. The van der Waals surface area contributed by atoms with Crippen molar-refractivity contribution in [3.8, 4) is 11.5 Å². The number of carbonyl (C=O) groups is 1. The van der Waals surface area contributed by atoms with E-state index in [4.69, 9.17) is 4.42 Å². The van der Waals surface area contributed by atoms with Crippen LogP contribution in [0.1, 0.15) is 31.2 Å². The van der Waals surface area contributed by atoms with Crippen molar-refractivity contribution in [1.29, 1.82) is 0 Å². The Labute approximate surface area is 191 Å². The third kappa shape index (κ3) is 5.68. The molecule has 1 amide bonds. The summed E-state index contributed by atoms with van der Waals surface area (Å²) >= 11 is 1.19. The molecule has 2 aromatic carbocycles. The van der Waals surface area contributed by atoms with Gasteiger partial charge in [0, 0.05) is 17.3 Å². The summed E-state index contributed by atoms with van der Waals surface area (Å²) in [5, 5.41) is 11.3. The summed E-state index contributed by atoms with van der Waals surface area (Å²) in [6.07, 6.45) is 4.41. The molecule has 10 heteroatoms. The number of rotatable bonds is 8. The smallest absolute Gasteiger partial charge is 0.277 e. The SMILES string of the molecule is Cc1ccc(S(=O)(=O)Nc2ccc(-c3nnc(SCC(=O)NC4CCCC4)o3)cc2)cc1. The normalized spacial score (nSPS) is 14.4. The van der Waals surface area contributed by atoms with E-state index in [1.165, 1.54) is 11.8 Å². The van der Waals surface area contributed by atoms with Crippen molar-refractivity contribution in [3.63, 3.8) is 0 Å². The molecule has 1 aliphatic carbocycles. The number of anilines is 1. The van der Waals surface area contributed by atoms with Gasteiger partial charge in [-0.15, -0.1) is 10.2 Å². The molecule has 1 saturated carbocycles. The predicted molar refractivity (Wildman–Crippen MR) is 123 cm³/mol. The predicted octanol–water partition coefficient (Wildman–Crippen LogP) is 4.00. The van der Waals surface area contributed by atoms with Gasteiger partial charge in [0.15, 0.2) is 0 Å². The summed E-state index contributed by atoms with van der Waals surface area (Å²) in [7, 11) is -3.67. The molecule has 0 radical (unpaired) electrons. The van der Waals surface area contributed by atoms with Gasteiger partial charge in [-0.05, 0) is 56.2 Å². The summed E-state index contributed by atoms with van der Waals surface area (Å²) in [6, 6.07) is 13.6. The van der Waals surface area contributed by atoms with Crippen molar-refractivity contribution in [2.24, 2.45) is 0 Å². The van der Waals surface area contributed by atoms with Crippen molar-refractivity contribution in [1.82, 2.24) is 15.5 Å². The molecule has 32 heavy (non-hydrogen) atoms. The third-order valence-corrected chi connectivity index (χ3v) is 7.38. The molecular weight excluding hydrogens is 448 g/mol. The molecule has 0 spiro atoms. The first-order chi connectivity index (χ1) is 15.4. The van der Waals surface area contributed by atoms with E-state index >= 15 is 0 Å². The molecule has 0 unspecified atom stereocenters. The van der Waals surface area contributed by atoms with E-state index in [9.17, 15) is 13.2 Å². The lowest BCUT2D eigenvalue weighted by Gasteiger charge is -2.10. The van der Waals surface area contributed by atoms with Gasteiger partial charge in [-0.2, -0.15) is 0 Å². The number of carbonyl (C=O) groups excluding carboxylic acids is 1. The van der Waals surface area contributed by atoms with Gasteiger partial charge in [-0.1, -0.05) is 42.3 Å². The molecule has 0 atom stereocenters. The summed E-state index contributed by atoms with van der Waals surface area (Å²) in [6.45, 7) is 1.90. The molecule has 2 N–H and O–H groups in total. The maximum atomic E-state index is 12.5. The highest BCUT2D eigenvalue weighted by Crippen LogP contribution is 2.25. The number of sulfonamides is 1. The number of benzene rings is 2. The van der Waals surface area contributed by atoms with Crippen LogP contribution in [-0.2, 0) is 14.8 Å². The van der Waals surface area contributed by atoms with Crippen molar-refractivity contribution < 1.29 is 17.6 Å². The first kappa shape index (κ1) is 22.3. The average Bonchev–Trinajstić information content (AvgIpc) is 3.45. The quantitative estimate of drug-likeness (QED) is 0.476. The fourth-order valence-electron chi connectivity index (χ4n) is 3.46. The third-order valence-electron chi connectivity index (χ3n) is 5.17. The first-order valence-corrected chi connectivity index (χ1v) is 12.8. The summed E-state index contributed by atoms with van der Waals surface area (Å²) in [5.74, 6) is 0.487. The largest absolute Gasteiger partial charge is 0.411 e. The van der Waals surface area contributed by atoms with E-state index in [1.807, 2.05) is 6.92 Å². The van der Waals surface area contributed by atoms with Crippen LogP contribution in [0.2, 0.25) is 0 Å².